The summed E-state index contributed by atoms with van der Waals surface area (Å²) in [5.74, 6) is -1.40. The molecule has 9 nitrogen and oxygen atoms in total. The fraction of sp³-hybridized carbons (Fsp3) is 0.250. The number of nitrogens with zero attached hydrogens (tertiary/aromatic N) is 3. The number of nitrogens with one attached hydrogen (secondary N) is 1. The van der Waals surface area contributed by atoms with Gasteiger partial charge in [0.15, 0.2) is 0 Å². The Morgan fingerprint density at radius 3 is 2.59 bits per heavy atom. The molecule has 0 saturated heterocycles. The molecule has 3 rings (SSSR count). The molecule has 1 amide bonds. The Morgan fingerprint density at radius 2 is 1.91 bits per heavy atom. The second kappa shape index (κ2) is 9.45. The second-order valence-electron chi connectivity index (χ2n) is 7.08. The molecule has 1 atom stereocenters. The summed E-state index contributed by atoms with van der Waals surface area (Å²) < 4.78 is 32.6. The summed E-state index contributed by atoms with van der Waals surface area (Å²) in [6.45, 7) is 1.34. The molecule has 2 aromatic heterocycles. The third-order valence-electron chi connectivity index (χ3n) is 4.49. The number of sulfonamides is 1. The summed E-state index contributed by atoms with van der Waals surface area (Å²) in [7, 11) is -1.01. The number of aromatic nitrogens is 2. The highest BCUT2D eigenvalue weighted by Crippen LogP contribution is 2.22. The van der Waals surface area contributed by atoms with Crippen LogP contribution in [0.25, 0.3) is 5.65 Å². The van der Waals surface area contributed by atoms with Crippen molar-refractivity contribution in [3.8, 4) is 0 Å². The molecular weight excluding hydrogens is 479 g/mol. The van der Waals surface area contributed by atoms with Crippen LogP contribution in [0.15, 0.2) is 47.6 Å². The Bertz CT molecular complexity index is 1290. The van der Waals surface area contributed by atoms with E-state index < -0.39 is 27.9 Å². The summed E-state index contributed by atoms with van der Waals surface area (Å²) in [5.41, 5.74) is 1.07. The molecule has 0 radical (unpaired) electrons. The number of rotatable bonds is 7. The van der Waals surface area contributed by atoms with E-state index in [1.807, 2.05) is 0 Å². The predicted octanol–water partition coefficient (Wildman–Crippen LogP) is 2.75. The van der Waals surface area contributed by atoms with Crippen LogP contribution in [0.1, 0.15) is 23.0 Å². The topological polar surface area (TPSA) is 110 Å². The zero-order valence-corrected chi connectivity index (χ0v) is 19.7. The van der Waals surface area contributed by atoms with Crippen LogP contribution in [0.5, 0.6) is 0 Å². The van der Waals surface area contributed by atoms with Crippen LogP contribution in [0.4, 0.5) is 0 Å². The number of benzene rings is 1. The van der Waals surface area contributed by atoms with Gasteiger partial charge in [0.05, 0.1) is 26.2 Å². The lowest BCUT2D eigenvalue weighted by Crippen LogP contribution is -2.39. The average molecular weight is 499 g/mol. The number of amides is 1. The van der Waals surface area contributed by atoms with E-state index >= 15 is 0 Å². The normalized spacial score (nSPS) is 12.7. The molecule has 3 aromatic rings. The first-order valence-electron chi connectivity index (χ1n) is 9.32. The highest BCUT2D eigenvalue weighted by Gasteiger charge is 2.23. The minimum atomic E-state index is -3.76. The van der Waals surface area contributed by atoms with E-state index in [1.165, 1.54) is 33.2 Å². The number of halogens is 2. The standard InChI is InChI=1S/C20H20Cl2N4O5S/c1-12(20(28)31-11-14-10-26-9-13(21)4-7-18(26)24-14)23-19(27)16-8-15(5-6-17(16)22)32(29,30)25(2)3/h4-10,12H,11H2,1-3H3,(H,23,27)/t12-/m0/s1. The molecule has 12 heteroatoms. The van der Waals surface area contributed by atoms with E-state index in [-0.39, 0.29) is 22.1 Å². The lowest BCUT2D eigenvalue weighted by Gasteiger charge is -2.15. The third kappa shape index (κ3) is 5.21. The Kier molecular flexibility index (Phi) is 7.09. The molecule has 0 aliphatic heterocycles. The number of carbonyl (C=O) groups is 2. The zero-order chi connectivity index (χ0) is 23.6. The summed E-state index contributed by atoms with van der Waals surface area (Å²) in [6.07, 6.45) is 3.35. The van der Waals surface area contributed by atoms with E-state index in [9.17, 15) is 18.0 Å². The number of ether oxygens (including phenoxy) is 1. The molecule has 170 valence electrons. The largest absolute Gasteiger partial charge is 0.458 e. The van der Waals surface area contributed by atoms with Crippen molar-refractivity contribution in [3.63, 3.8) is 0 Å². The van der Waals surface area contributed by atoms with Crippen molar-refractivity contribution in [1.82, 2.24) is 19.0 Å². The van der Waals surface area contributed by atoms with Gasteiger partial charge < -0.3 is 14.5 Å². The van der Waals surface area contributed by atoms with E-state index in [4.69, 9.17) is 27.9 Å². The van der Waals surface area contributed by atoms with Gasteiger partial charge in [0.25, 0.3) is 5.91 Å². The van der Waals surface area contributed by atoms with Crippen molar-refractivity contribution in [2.45, 2.75) is 24.5 Å². The molecule has 0 aliphatic carbocycles. The van der Waals surface area contributed by atoms with E-state index in [1.54, 1.807) is 28.9 Å². The number of hydrogen-bond acceptors (Lipinski definition) is 6. The fourth-order valence-corrected chi connectivity index (χ4v) is 4.04. The van der Waals surface area contributed by atoms with Gasteiger partial charge in [0, 0.05) is 26.5 Å². The van der Waals surface area contributed by atoms with Gasteiger partial charge in [-0.25, -0.2) is 22.5 Å². The predicted molar refractivity (Wildman–Crippen MR) is 119 cm³/mol. The lowest BCUT2D eigenvalue weighted by molar-refractivity contribution is -0.146. The molecule has 1 aromatic carbocycles. The maximum Gasteiger partial charge on any atom is 0.328 e. The van der Waals surface area contributed by atoms with Crippen molar-refractivity contribution in [1.29, 1.82) is 0 Å². The monoisotopic (exact) mass is 498 g/mol. The van der Waals surface area contributed by atoms with E-state index in [0.717, 1.165) is 10.4 Å². The Hall–Kier alpha value is -2.66. The van der Waals surface area contributed by atoms with Crippen LogP contribution >= 0.6 is 23.2 Å². The minimum absolute atomic E-state index is 0.0455. The summed E-state index contributed by atoms with van der Waals surface area (Å²) in [5, 5.41) is 3.05. The van der Waals surface area contributed by atoms with Crippen molar-refractivity contribution in [2.24, 2.45) is 0 Å². The highest BCUT2D eigenvalue weighted by molar-refractivity contribution is 7.89. The molecule has 1 N–H and O–H groups in total. The van der Waals surface area contributed by atoms with Crippen molar-refractivity contribution >= 4 is 50.7 Å². The van der Waals surface area contributed by atoms with E-state index in [0.29, 0.717) is 16.4 Å². The number of hydrogen-bond donors (Lipinski definition) is 1. The maximum atomic E-state index is 12.6. The molecule has 0 unspecified atom stereocenters. The quantitative estimate of drug-likeness (QED) is 0.501. The fourth-order valence-electron chi connectivity index (χ4n) is 2.74. The Morgan fingerprint density at radius 1 is 1.19 bits per heavy atom. The Balaban J connectivity index is 1.66. The van der Waals surface area contributed by atoms with Crippen LogP contribution in [0.2, 0.25) is 10.0 Å². The van der Waals surface area contributed by atoms with Gasteiger partial charge in [-0.05, 0) is 37.3 Å². The van der Waals surface area contributed by atoms with Crippen LogP contribution < -0.4 is 5.32 Å². The first-order chi connectivity index (χ1) is 15.0. The second-order valence-corrected chi connectivity index (χ2v) is 10.1. The summed E-state index contributed by atoms with van der Waals surface area (Å²) in [6, 6.07) is 6.18. The molecule has 32 heavy (non-hydrogen) atoms. The molecule has 0 fully saturated rings. The molecular formula is C20H20Cl2N4O5S. The van der Waals surface area contributed by atoms with E-state index in [2.05, 4.69) is 10.3 Å². The number of esters is 1. The maximum absolute atomic E-state index is 12.6. The number of carbonyl (C=O) groups excluding carboxylic acids is 2. The van der Waals surface area contributed by atoms with Crippen LogP contribution in [0.3, 0.4) is 0 Å². The van der Waals surface area contributed by atoms with Gasteiger partial charge >= 0.3 is 5.97 Å². The first kappa shape index (κ1) is 24.0. The molecule has 0 aliphatic rings. The van der Waals surface area contributed by atoms with Crippen LogP contribution in [-0.4, -0.2) is 54.1 Å². The molecule has 0 saturated carbocycles. The van der Waals surface area contributed by atoms with Crippen LogP contribution in [-0.2, 0) is 26.2 Å². The number of fused-ring (bicyclic) bond motifs is 1. The third-order valence-corrected chi connectivity index (χ3v) is 6.85. The summed E-state index contributed by atoms with van der Waals surface area (Å²) >= 11 is 12.0. The highest BCUT2D eigenvalue weighted by atomic mass is 35.5. The van der Waals surface area contributed by atoms with Gasteiger partial charge in [-0.1, -0.05) is 23.2 Å². The van der Waals surface area contributed by atoms with Crippen LogP contribution in [0, 0.1) is 0 Å². The molecule has 0 bridgehead atoms. The van der Waals surface area contributed by atoms with Crippen molar-refractivity contribution in [2.75, 3.05) is 14.1 Å². The van der Waals surface area contributed by atoms with Crippen molar-refractivity contribution < 1.29 is 22.7 Å². The van der Waals surface area contributed by atoms with Gasteiger partial charge in [0.1, 0.15) is 18.3 Å². The van der Waals surface area contributed by atoms with Gasteiger partial charge in [-0.15, -0.1) is 0 Å². The summed E-state index contributed by atoms with van der Waals surface area (Å²) in [4.78, 5) is 29.2. The number of imidazole rings is 1. The smallest absolute Gasteiger partial charge is 0.328 e. The zero-order valence-electron chi connectivity index (χ0n) is 17.4. The van der Waals surface area contributed by atoms with Gasteiger partial charge in [0.2, 0.25) is 10.0 Å². The molecule has 0 spiro atoms. The SMILES string of the molecule is C[C@H](NC(=O)c1cc(S(=O)(=O)N(C)C)ccc1Cl)C(=O)OCc1cn2cc(Cl)ccc2n1. The minimum Gasteiger partial charge on any atom is -0.458 e. The van der Waals surface area contributed by atoms with Gasteiger partial charge in [-0.2, -0.15) is 0 Å². The van der Waals surface area contributed by atoms with Crippen molar-refractivity contribution in [3.05, 3.63) is 64.0 Å². The number of pyridine rings is 1. The first-order valence-corrected chi connectivity index (χ1v) is 11.5. The molecule has 2 heterocycles. The Labute approximate surface area is 194 Å². The van der Waals surface area contributed by atoms with Gasteiger partial charge in [-0.3, -0.25) is 4.79 Å². The lowest BCUT2D eigenvalue weighted by atomic mass is 10.2. The average Bonchev–Trinajstić information content (AvgIpc) is 3.13.